The van der Waals surface area contributed by atoms with Crippen molar-refractivity contribution in [1.29, 1.82) is 0 Å². The molecule has 0 aliphatic carbocycles. The fourth-order valence-corrected chi connectivity index (χ4v) is 3.34. The minimum absolute atomic E-state index is 0.0191. The maximum Gasteiger partial charge on any atom is 0.135 e. The van der Waals surface area contributed by atoms with Crippen LogP contribution in [0.5, 0.6) is 0 Å². The van der Waals surface area contributed by atoms with E-state index in [1.165, 1.54) is 11.1 Å². The van der Waals surface area contributed by atoms with Crippen molar-refractivity contribution in [3.8, 4) is 0 Å². The van der Waals surface area contributed by atoms with Crippen molar-refractivity contribution in [2.24, 2.45) is 10.3 Å². The summed E-state index contributed by atoms with van der Waals surface area (Å²) >= 11 is 0. The van der Waals surface area contributed by atoms with Crippen LogP contribution in [-0.4, -0.2) is 37.4 Å². The lowest BCUT2D eigenvalue weighted by Crippen LogP contribution is -2.51. The molecule has 24 heavy (non-hydrogen) atoms. The fraction of sp³-hybridized carbons (Fsp3) is 0.368. The number of anilines is 1. The van der Waals surface area contributed by atoms with Crippen molar-refractivity contribution in [2.75, 3.05) is 31.3 Å². The van der Waals surface area contributed by atoms with E-state index in [0.717, 1.165) is 32.0 Å². The standard InChI is InChI=1S/C19H22N4O/c1-15-7-9-17(10-8-15)23-19(22-11-13-24-14-12-22)18(20-21-23)16-5-3-2-4-6-16/h2-10,18-19H,11-14H2,1H3. The number of benzene rings is 2. The molecule has 0 aromatic heterocycles. The van der Waals surface area contributed by atoms with Gasteiger partial charge in [0.1, 0.15) is 12.2 Å². The largest absolute Gasteiger partial charge is 0.379 e. The topological polar surface area (TPSA) is 40.4 Å². The van der Waals surface area contributed by atoms with E-state index in [-0.39, 0.29) is 12.2 Å². The Morgan fingerprint density at radius 2 is 1.67 bits per heavy atom. The maximum absolute atomic E-state index is 5.54. The average molecular weight is 322 g/mol. The van der Waals surface area contributed by atoms with Crippen LogP contribution in [0.25, 0.3) is 0 Å². The van der Waals surface area contributed by atoms with Gasteiger partial charge in [-0.2, -0.15) is 5.11 Å². The summed E-state index contributed by atoms with van der Waals surface area (Å²) in [5.41, 5.74) is 3.53. The number of nitrogens with zero attached hydrogens (tertiary/aromatic N) is 4. The molecule has 5 nitrogen and oxygen atoms in total. The van der Waals surface area contributed by atoms with Gasteiger partial charge in [0.15, 0.2) is 0 Å². The summed E-state index contributed by atoms with van der Waals surface area (Å²) in [6.07, 6.45) is 0.0963. The van der Waals surface area contributed by atoms with E-state index in [9.17, 15) is 0 Å². The SMILES string of the molecule is Cc1ccc(N2N=NC(c3ccccc3)C2N2CCOCC2)cc1. The van der Waals surface area contributed by atoms with Crippen molar-refractivity contribution in [1.82, 2.24) is 4.90 Å². The van der Waals surface area contributed by atoms with Gasteiger partial charge in [0.2, 0.25) is 0 Å². The normalized spacial score (nSPS) is 24.5. The minimum Gasteiger partial charge on any atom is -0.379 e. The van der Waals surface area contributed by atoms with Gasteiger partial charge in [0, 0.05) is 13.1 Å². The summed E-state index contributed by atoms with van der Waals surface area (Å²) in [6.45, 7) is 5.43. The summed E-state index contributed by atoms with van der Waals surface area (Å²) < 4.78 is 5.54. The first-order valence-electron chi connectivity index (χ1n) is 8.46. The van der Waals surface area contributed by atoms with Crippen LogP contribution in [-0.2, 0) is 4.74 Å². The average Bonchev–Trinajstić information content (AvgIpc) is 3.09. The summed E-state index contributed by atoms with van der Waals surface area (Å²) in [6, 6.07) is 18.9. The Hall–Kier alpha value is -2.24. The molecule has 2 unspecified atom stereocenters. The molecule has 2 aromatic rings. The van der Waals surface area contributed by atoms with Gasteiger partial charge in [-0.15, -0.1) is 0 Å². The van der Waals surface area contributed by atoms with Crippen LogP contribution in [0.1, 0.15) is 17.2 Å². The van der Waals surface area contributed by atoms with Crippen molar-refractivity contribution in [2.45, 2.75) is 19.1 Å². The van der Waals surface area contributed by atoms with Gasteiger partial charge in [-0.1, -0.05) is 53.3 Å². The molecule has 2 heterocycles. The molecule has 0 bridgehead atoms. The predicted molar refractivity (Wildman–Crippen MR) is 93.9 cm³/mol. The minimum atomic E-state index is 0.0191. The Morgan fingerprint density at radius 3 is 2.38 bits per heavy atom. The van der Waals surface area contributed by atoms with E-state index in [2.05, 4.69) is 75.7 Å². The second-order valence-corrected chi connectivity index (χ2v) is 6.30. The second-order valence-electron chi connectivity index (χ2n) is 6.30. The molecule has 2 aromatic carbocycles. The molecule has 1 saturated heterocycles. The van der Waals surface area contributed by atoms with Crippen molar-refractivity contribution >= 4 is 5.69 Å². The van der Waals surface area contributed by atoms with Crippen LogP contribution in [0.3, 0.4) is 0 Å². The molecule has 2 atom stereocenters. The maximum atomic E-state index is 5.54. The molecule has 0 N–H and O–H groups in total. The fourth-order valence-electron chi connectivity index (χ4n) is 3.34. The van der Waals surface area contributed by atoms with Gasteiger partial charge < -0.3 is 4.74 Å². The van der Waals surface area contributed by atoms with Crippen LogP contribution in [0.4, 0.5) is 5.69 Å². The lowest BCUT2D eigenvalue weighted by molar-refractivity contribution is 0.0140. The highest BCUT2D eigenvalue weighted by Gasteiger charge is 2.39. The monoisotopic (exact) mass is 322 g/mol. The third kappa shape index (κ3) is 2.92. The Kier molecular flexibility index (Phi) is 4.28. The summed E-state index contributed by atoms with van der Waals surface area (Å²) in [5.74, 6) is 0. The smallest absolute Gasteiger partial charge is 0.135 e. The molecule has 2 aliphatic rings. The number of ether oxygens (including phenoxy) is 1. The molecule has 0 spiro atoms. The third-order valence-electron chi connectivity index (χ3n) is 4.66. The van der Waals surface area contributed by atoms with E-state index in [4.69, 9.17) is 4.74 Å². The molecule has 1 fully saturated rings. The van der Waals surface area contributed by atoms with Crippen molar-refractivity contribution < 1.29 is 4.74 Å². The van der Waals surface area contributed by atoms with Crippen LogP contribution in [0, 0.1) is 6.92 Å². The van der Waals surface area contributed by atoms with Crippen LogP contribution in [0.2, 0.25) is 0 Å². The van der Waals surface area contributed by atoms with Crippen LogP contribution in [0.15, 0.2) is 64.9 Å². The van der Waals surface area contributed by atoms with Gasteiger partial charge >= 0.3 is 0 Å². The number of morpholine rings is 1. The highest BCUT2D eigenvalue weighted by atomic mass is 16.5. The molecule has 2 aliphatic heterocycles. The number of hydrogen-bond acceptors (Lipinski definition) is 5. The van der Waals surface area contributed by atoms with Gasteiger partial charge in [-0.05, 0) is 24.6 Å². The van der Waals surface area contributed by atoms with Crippen molar-refractivity contribution in [3.05, 3.63) is 65.7 Å². The highest BCUT2D eigenvalue weighted by Crippen LogP contribution is 2.37. The van der Waals surface area contributed by atoms with Gasteiger partial charge in [-0.25, -0.2) is 5.01 Å². The van der Waals surface area contributed by atoms with E-state index in [0.29, 0.717) is 0 Å². The lowest BCUT2D eigenvalue weighted by atomic mass is 10.0. The molecular weight excluding hydrogens is 300 g/mol. The molecule has 0 saturated carbocycles. The highest BCUT2D eigenvalue weighted by molar-refractivity contribution is 5.49. The van der Waals surface area contributed by atoms with Crippen molar-refractivity contribution in [3.63, 3.8) is 0 Å². The summed E-state index contributed by atoms with van der Waals surface area (Å²) in [7, 11) is 0. The first-order valence-corrected chi connectivity index (χ1v) is 8.46. The quantitative estimate of drug-likeness (QED) is 0.867. The van der Waals surface area contributed by atoms with Gasteiger partial charge in [0.25, 0.3) is 0 Å². The zero-order valence-electron chi connectivity index (χ0n) is 13.9. The Labute approximate surface area is 142 Å². The molecule has 0 radical (unpaired) electrons. The first kappa shape index (κ1) is 15.3. The van der Waals surface area contributed by atoms with Gasteiger partial charge in [-0.3, -0.25) is 4.90 Å². The van der Waals surface area contributed by atoms with Crippen LogP contribution < -0.4 is 5.01 Å². The summed E-state index contributed by atoms with van der Waals surface area (Å²) in [5, 5.41) is 11.2. The Morgan fingerprint density at radius 1 is 0.958 bits per heavy atom. The van der Waals surface area contributed by atoms with Crippen LogP contribution >= 0.6 is 0 Å². The number of aryl methyl sites for hydroxylation is 1. The molecule has 124 valence electrons. The predicted octanol–water partition coefficient (Wildman–Crippen LogP) is 3.58. The van der Waals surface area contributed by atoms with E-state index >= 15 is 0 Å². The lowest BCUT2D eigenvalue weighted by Gasteiger charge is -2.38. The zero-order valence-corrected chi connectivity index (χ0v) is 13.9. The second kappa shape index (κ2) is 6.71. The molecule has 0 amide bonds. The van der Waals surface area contributed by atoms with E-state index in [1.807, 2.05) is 6.07 Å². The first-order chi connectivity index (χ1) is 11.8. The Bertz CT molecular complexity index is 695. The van der Waals surface area contributed by atoms with Gasteiger partial charge in [0.05, 0.1) is 18.9 Å². The third-order valence-corrected chi connectivity index (χ3v) is 4.66. The summed E-state index contributed by atoms with van der Waals surface area (Å²) in [4.78, 5) is 2.43. The zero-order chi connectivity index (χ0) is 16.4. The Balaban J connectivity index is 1.68. The van der Waals surface area contributed by atoms with E-state index in [1.54, 1.807) is 0 Å². The molecular formula is C19H22N4O. The number of rotatable bonds is 3. The number of hydrogen-bond donors (Lipinski definition) is 0. The molecule has 5 heteroatoms. The molecule has 4 rings (SSSR count). The van der Waals surface area contributed by atoms with E-state index < -0.39 is 0 Å².